The number of halogens is 2. The first-order valence-corrected chi connectivity index (χ1v) is 9.29. The Balaban J connectivity index is 0.00000484. The third-order valence-corrected chi connectivity index (χ3v) is 3.99. The first-order chi connectivity index (χ1) is 10.3. The van der Waals surface area contributed by atoms with Crippen LogP contribution in [0.3, 0.4) is 0 Å². The minimum atomic E-state index is -2.95. The Hall–Kier alpha value is -0.900. The van der Waals surface area contributed by atoms with Crippen molar-refractivity contribution < 1.29 is 12.8 Å². The van der Waals surface area contributed by atoms with Crippen LogP contribution in [0.15, 0.2) is 29.3 Å². The lowest BCUT2D eigenvalue weighted by molar-refractivity contribution is 0.476. The van der Waals surface area contributed by atoms with E-state index in [0.29, 0.717) is 25.5 Å². The fourth-order valence-corrected chi connectivity index (χ4v) is 2.57. The fourth-order valence-electron chi connectivity index (χ4n) is 1.92. The number of nitrogens with zero attached hydrogens (tertiary/aromatic N) is 2. The summed E-state index contributed by atoms with van der Waals surface area (Å²) in [4.78, 5) is 6.35. The van der Waals surface area contributed by atoms with Gasteiger partial charge in [-0.25, -0.2) is 12.8 Å². The topological polar surface area (TPSA) is 61.8 Å². The van der Waals surface area contributed by atoms with Crippen LogP contribution >= 0.6 is 24.0 Å². The molecule has 0 aliphatic heterocycles. The van der Waals surface area contributed by atoms with E-state index in [4.69, 9.17) is 0 Å². The molecule has 1 aromatic rings. The van der Waals surface area contributed by atoms with Gasteiger partial charge in [-0.3, -0.25) is 4.99 Å². The van der Waals surface area contributed by atoms with Gasteiger partial charge in [0.15, 0.2) is 5.96 Å². The molecule has 0 heterocycles. The predicted molar refractivity (Wildman–Crippen MR) is 104 cm³/mol. The van der Waals surface area contributed by atoms with Crippen LogP contribution in [0.1, 0.15) is 18.9 Å². The van der Waals surface area contributed by atoms with Crippen molar-refractivity contribution in [3.8, 4) is 0 Å². The van der Waals surface area contributed by atoms with Crippen molar-refractivity contribution in [3.05, 3.63) is 35.6 Å². The lowest BCUT2D eigenvalue weighted by atomic mass is 10.2. The Morgan fingerprint density at radius 1 is 1.30 bits per heavy atom. The summed E-state index contributed by atoms with van der Waals surface area (Å²) in [7, 11) is -1.06. The van der Waals surface area contributed by atoms with E-state index in [1.165, 1.54) is 18.4 Å². The molecule has 0 amide bonds. The van der Waals surface area contributed by atoms with Gasteiger partial charge in [0.05, 0.1) is 5.75 Å². The van der Waals surface area contributed by atoms with Crippen molar-refractivity contribution in [1.82, 2.24) is 10.2 Å². The second-order valence-corrected chi connectivity index (χ2v) is 7.46. The molecular formula is C15H25FIN3O2S. The van der Waals surface area contributed by atoms with Crippen molar-refractivity contribution in [3.63, 3.8) is 0 Å². The molecule has 0 saturated heterocycles. The number of nitrogens with one attached hydrogen (secondary N) is 1. The van der Waals surface area contributed by atoms with Crippen molar-refractivity contribution >= 4 is 39.8 Å². The van der Waals surface area contributed by atoms with Crippen LogP contribution < -0.4 is 5.32 Å². The maximum Gasteiger partial charge on any atom is 0.193 e. The summed E-state index contributed by atoms with van der Waals surface area (Å²) >= 11 is 0. The second-order valence-electron chi connectivity index (χ2n) is 5.20. The van der Waals surface area contributed by atoms with Gasteiger partial charge in [-0.1, -0.05) is 12.1 Å². The predicted octanol–water partition coefficient (Wildman–Crippen LogP) is 2.28. The number of benzene rings is 1. The summed E-state index contributed by atoms with van der Waals surface area (Å²) in [5.41, 5.74) is 0.977. The van der Waals surface area contributed by atoms with Gasteiger partial charge < -0.3 is 10.2 Å². The quantitative estimate of drug-likeness (QED) is 0.296. The molecular weight excluding hydrogens is 432 g/mol. The molecule has 0 fully saturated rings. The summed E-state index contributed by atoms with van der Waals surface area (Å²) in [6.45, 7) is 3.73. The van der Waals surface area contributed by atoms with Crippen LogP contribution in [0, 0.1) is 5.82 Å². The third kappa shape index (κ3) is 9.75. The molecule has 1 aromatic carbocycles. The highest BCUT2D eigenvalue weighted by molar-refractivity contribution is 14.0. The molecule has 0 aromatic heterocycles. The lowest BCUT2D eigenvalue weighted by Gasteiger charge is -2.22. The number of hydrogen-bond donors (Lipinski definition) is 1. The molecule has 0 aliphatic rings. The minimum Gasteiger partial charge on any atom is -0.357 e. The van der Waals surface area contributed by atoms with Crippen LogP contribution in [0.4, 0.5) is 4.39 Å². The van der Waals surface area contributed by atoms with E-state index < -0.39 is 9.84 Å². The van der Waals surface area contributed by atoms with Crippen molar-refractivity contribution in [1.29, 1.82) is 0 Å². The third-order valence-electron chi connectivity index (χ3n) is 2.96. The number of sulfone groups is 1. The SMILES string of the molecule is CCNC(=NCCCS(C)(=O)=O)N(C)Cc1ccc(F)cc1.I. The molecule has 0 aliphatic carbocycles. The highest BCUT2D eigenvalue weighted by Gasteiger charge is 2.07. The Labute approximate surface area is 155 Å². The van der Waals surface area contributed by atoms with E-state index in [1.807, 2.05) is 18.9 Å². The van der Waals surface area contributed by atoms with E-state index in [2.05, 4.69) is 10.3 Å². The van der Waals surface area contributed by atoms with Crippen molar-refractivity contribution in [2.75, 3.05) is 32.1 Å². The second kappa shape index (κ2) is 10.8. The van der Waals surface area contributed by atoms with Crippen molar-refractivity contribution in [2.24, 2.45) is 4.99 Å². The molecule has 0 saturated carbocycles. The molecule has 23 heavy (non-hydrogen) atoms. The monoisotopic (exact) mass is 457 g/mol. The molecule has 1 rings (SSSR count). The zero-order chi connectivity index (χ0) is 16.6. The van der Waals surface area contributed by atoms with Crippen molar-refractivity contribution in [2.45, 2.75) is 19.9 Å². The normalized spacial score (nSPS) is 11.7. The number of aliphatic imine (C=N–C) groups is 1. The zero-order valence-electron chi connectivity index (χ0n) is 13.8. The summed E-state index contributed by atoms with van der Waals surface area (Å²) in [5, 5.41) is 3.16. The summed E-state index contributed by atoms with van der Waals surface area (Å²) in [5.74, 6) is 0.588. The van der Waals surface area contributed by atoms with E-state index in [1.54, 1.807) is 12.1 Å². The summed E-state index contributed by atoms with van der Waals surface area (Å²) in [6, 6.07) is 6.33. The Bertz CT molecular complexity index is 591. The minimum absolute atomic E-state index is 0. The fraction of sp³-hybridized carbons (Fsp3) is 0.533. The van der Waals surface area contributed by atoms with Crippen LogP contribution in [0.5, 0.6) is 0 Å². The van der Waals surface area contributed by atoms with E-state index in [9.17, 15) is 12.8 Å². The van der Waals surface area contributed by atoms with Gasteiger partial charge in [-0.05, 0) is 31.0 Å². The molecule has 0 bridgehead atoms. The smallest absolute Gasteiger partial charge is 0.193 e. The average Bonchev–Trinajstić information content (AvgIpc) is 2.43. The Morgan fingerprint density at radius 2 is 1.91 bits per heavy atom. The van der Waals surface area contributed by atoms with Crippen LogP contribution in [-0.4, -0.2) is 51.4 Å². The van der Waals surface area contributed by atoms with Gasteiger partial charge in [0.1, 0.15) is 15.7 Å². The highest BCUT2D eigenvalue weighted by atomic mass is 127. The average molecular weight is 457 g/mol. The Kier molecular flexibility index (Phi) is 10.4. The zero-order valence-corrected chi connectivity index (χ0v) is 16.9. The summed E-state index contributed by atoms with van der Waals surface area (Å²) < 4.78 is 35.1. The van der Waals surface area contributed by atoms with E-state index >= 15 is 0 Å². The largest absolute Gasteiger partial charge is 0.357 e. The van der Waals surface area contributed by atoms with E-state index in [-0.39, 0.29) is 35.5 Å². The van der Waals surface area contributed by atoms with Gasteiger partial charge in [0.2, 0.25) is 0 Å². The van der Waals surface area contributed by atoms with Gasteiger partial charge in [-0.2, -0.15) is 0 Å². The van der Waals surface area contributed by atoms with Gasteiger partial charge in [0, 0.05) is 32.9 Å². The van der Waals surface area contributed by atoms with Crippen LogP contribution in [0.25, 0.3) is 0 Å². The molecule has 1 N–H and O–H groups in total. The molecule has 0 spiro atoms. The molecule has 0 unspecified atom stereocenters. The Morgan fingerprint density at radius 3 is 2.43 bits per heavy atom. The maximum absolute atomic E-state index is 12.9. The first kappa shape index (κ1) is 22.1. The first-order valence-electron chi connectivity index (χ1n) is 7.23. The lowest BCUT2D eigenvalue weighted by Crippen LogP contribution is -2.38. The number of hydrogen-bond acceptors (Lipinski definition) is 3. The van der Waals surface area contributed by atoms with Gasteiger partial charge in [0.25, 0.3) is 0 Å². The summed E-state index contributed by atoms with van der Waals surface area (Å²) in [6.07, 6.45) is 1.72. The molecule has 8 heteroatoms. The molecule has 0 atom stereocenters. The van der Waals surface area contributed by atoms with E-state index in [0.717, 1.165) is 12.1 Å². The molecule has 132 valence electrons. The van der Waals surface area contributed by atoms with Gasteiger partial charge >= 0.3 is 0 Å². The molecule has 0 radical (unpaired) electrons. The standard InChI is InChI=1S/C15H24FN3O2S.HI/c1-4-17-15(18-10-5-11-22(3,20)21)19(2)12-13-6-8-14(16)9-7-13;/h6-9H,4-5,10-12H2,1-3H3,(H,17,18);1H. The van der Waals surface area contributed by atoms with Crippen LogP contribution in [-0.2, 0) is 16.4 Å². The highest BCUT2D eigenvalue weighted by Crippen LogP contribution is 2.06. The number of guanidine groups is 1. The van der Waals surface area contributed by atoms with Crippen LogP contribution in [0.2, 0.25) is 0 Å². The molecule has 5 nitrogen and oxygen atoms in total. The van der Waals surface area contributed by atoms with Gasteiger partial charge in [-0.15, -0.1) is 24.0 Å². The number of rotatable bonds is 7. The maximum atomic E-state index is 12.9.